The van der Waals surface area contributed by atoms with Crippen molar-refractivity contribution >= 4 is 44.9 Å². The summed E-state index contributed by atoms with van der Waals surface area (Å²) >= 11 is 6.48. The minimum Gasteiger partial charge on any atom is -0.341 e. The van der Waals surface area contributed by atoms with Gasteiger partial charge in [-0.25, -0.2) is 0 Å². The molecule has 1 aromatic heterocycles. The monoisotopic (exact) mass is 383 g/mol. The molecule has 4 aromatic rings. The van der Waals surface area contributed by atoms with Gasteiger partial charge in [-0.1, -0.05) is 72.3 Å². The molecule has 0 aliphatic heterocycles. The lowest BCUT2D eigenvalue weighted by atomic mass is 10.0. The Balaban J connectivity index is 1.72. The van der Waals surface area contributed by atoms with Crippen LogP contribution in [-0.2, 0) is 6.54 Å². The molecule has 0 bridgehead atoms. The normalized spacial score (nSPS) is 16.6. The minimum atomic E-state index is 0.821. The van der Waals surface area contributed by atoms with E-state index in [-0.39, 0.29) is 0 Å². The Bertz CT molecular complexity index is 1290. The summed E-state index contributed by atoms with van der Waals surface area (Å²) in [6, 6.07) is 21.3. The number of halogens is 1. The van der Waals surface area contributed by atoms with E-state index in [0.717, 1.165) is 29.8 Å². The van der Waals surface area contributed by atoms with Gasteiger partial charge in [0.15, 0.2) is 0 Å². The van der Waals surface area contributed by atoms with Crippen LogP contribution in [0.1, 0.15) is 25.3 Å². The summed E-state index contributed by atoms with van der Waals surface area (Å²) < 4.78 is 2.39. The van der Waals surface area contributed by atoms with Crippen LogP contribution in [0.5, 0.6) is 0 Å². The molecule has 0 atom stereocenters. The number of aryl methyl sites for hydroxylation is 1. The maximum absolute atomic E-state index is 6.48. The van der Waals surface area contributed by atoms with E-state index in [0.29, 0.717) is 0 Å². The molecule has 5 rings (SSSR count). The van der Waals surface area contributed by atoms with Crippen LogP contribution in [0, 0.1) is 0 Å². The van der Waals surface area contributed by atoms with Gasteiger partial charge in [0, 0.05) is 38.6 Å². The molecule has 1 nitrogen and oxygen atoms in total. The van der Waals surface area contributed by atoms with Crippen molar-refractivity contribution in [3.63, 3.8) is 0 Å². The zero-order valence-corrected chi connectivity index (χ0v) is 16.7. The van der Waals surface area contributed by atoms with Gasteiger partial charge in [0.25, 0.3) is 0 Å². The topological polar surface area (TPSA) is 4.93 Å². The van der Waals surface area contributed by atoms with Gasteiger partial charge in [0.1, 0.15) is 0 Å². The molecule has 0 fully saturated rings. The molecular formula is C26H22ClN. The van der Waals surface area contributed by atoms with Crippen molar-refractivity contribution in [2.45, 2.75) is 26.3 Å². The lowest BCUT2D eigenvalue weighted by Crippen LogP contribution is -2.14. The number of allylic oxidation sites excluding steroid dienone is 4. The van der Waals surface area contributed by atoms with Crippen LogP contribution in [0.2, 0.25) is 5.02 Å². The average Bonchev–Trinajstić information content (AvgIpc) is 3.33. The van der Waals surface area contributed by atoms with Gasteiger partial charge >= 0.3 is 0 Å². The molecule has 0 N–H and O–H groups in total. The van der Waals surface area contributed by atoms with Crippen molar-refractivity contribution in [3.05, 3.63) is 94.3 Å². The predicted octanol–water partition coefficient (Wildman–Crippen LogP) is 6.77. The molecule has 0 unspecified atom stereocenters. The first-order chi connectivity index (χ1) is 13.8. The van der Waals surface area contributed by atoms with E-state index in [4.69, 9.17) is 11.6 Å². The van der Waals surface area contributed by atoms with Gasteiger partial charge in [-0.2, -0.15) is 0 Å². The number of nitrogens with zero attached hydrogens (tertiary/aromatic N) is 1. The van der Waals surface area contributed by atoms with Crippen molar-refractivity contribution in [3.8, 4) is 0 Å². The Hall–Kier alpha value is -2.77. The van der Waals surface area contributed by atoms with Gasteiger partial charge in [-0.3, -0.25) is 0 Å². The molecular weight excluding hydrogens is 362 g/mol. The van der Waals surface area contributed by atoms with Crippen LogP contribution in [0.25, 0.3) is 33.3 Å². The summed E-state index contributed by atoms with van der Waals surface area (Å²) in [5.74, 6) is 0. The van der Waals surface area contributed by atoms with Crippen LogP contribution in [0.4, 0.5) is 0 Å². The molecule has 1 aliphatic rings. The predicted molar refractivity (Wildman–Crippen MR) is 122 cm³/mol. The van der Waals surface area contributed by atoms with E-state index in [1.807, 2.05) is 6.07 Å². The van der Waals surface area contributed by atoms with Crippen molar-refractivity contribution < 1.29 is 0 Å². The standard InChI is InChI=1S/C26H22ClN/c1-2-28-24(22-13-7-12-21-23(27)15-17-25(28)26(21)22)16-14-19-10-6-11-20(19)18-8-4-3-5-9-18/h3-5,7-9,11-17H,2,6,10H2,1H3/b19-14-,24-16+. The Morgan fingerprint density at radius 1 is 0.929 bits per heavy atom. The first-order valence-electron chi connectivity index (χ1n) is 9.94. The second-order valence-corrected chi connectivity index (χ2v) is 7.71. The van der Waals surface area contributed by atoms with Gasteiger partial charge in [0.2, 0.25) is 0 Å². The number of aromatic nitrogens is 1. The fraction of sp³-hybridized carbons (Fsp3) is 0.154. The summed E-state index contributed by atoms with van der Waals surface area (Å²) in [4.78, 5) is 0. The Morgan fingerprint density at radius 2 is 1.75 bits per heavy atom. The number of hydrogen-bond acceptors (Lipinski definition) is 0. The largest absolute Gasteiger partial charge is 0.341 e. The average molecular weight is 384 g/mol. The van der Waals surface area contributed by atoms with Gasteiger partial charge < -0.3 is 4.57 Å². The highest BCUT2D eigenvalue weighted by molar-refractivity contribution is 6.37. The van der Waals surface area contributed by atoms with E-state index in [1.54, 1.807) is 0 Å². The molecule has 138 valence electrons. The van der Waals surface area contributed by atoms with Crippen molar-refractivity contribution in [1.29, 1.82) is 0 Å². The zero-order chi connectivity index (χ0) is 19.1. The maximum Gasteiger partial charge on any atom is 0.0498 e. The molecule has 0 amide bonds. The summed E-state index contributed by atoms with van der Waals surface area (Å²) in [5, 5.41) is 5.76. The smallest absolute Gasteiger partial charge is 0.0498 e. The maximum atomic E-state index is 6.48. The van der Waals surface area contributed by atoms with Crippen LogP contribution < -0.4 is 5.35 Å². The molecule has 1 aliphatic carbocycles. The highest BCUT2D eigenvalue weighted by Gasteiger charge is 2.14. The number of benzene rings is 3. The Kier molecular flexibility index (Phi) is 4.33. The number of hydrogen-bond donors (Lipinski definition) is 0. The summed E-state index contributed by atoms with van der Waals surface area (Å²) in [5.41, 5.74) is 5.35. The second kappa shape index (κ2) is 7.00. The molecule has 0 radical (unpaired) electrons. The zero-order valence-electron chi connectivity index (χ0n) is 16.0. The van der Waals surface area contributed by atoms with Gasteiger partial charge in [-0.15, -0.1) is 0 Å². The highest BCUT2D eigenvalue weighted by Crippen LogP contribution is 2.34. The molecule has 28 heavy (non-hydrogen) atoms. The second-order valence-electron chi connectivity index (χ2n) is 7.31. The van der Waals surface area contributed by atoms with Gasteiger partial charge in [0.05, 0.1) is 0 Å². The van der Waals surface area contributed by atoms with E-state index in [2.05, 4.69) is 84.3 Å². The fourth-order valence-electron chi connectivity index (χ4n) is 4.50. The third-order valence-electron chi connectivity index (χ3n) is 5.77. The Morgan fingerprint density at radius 3 is 2.57 bits per heavy atom. The third kappa shape index (κ3) is 2.70. The number of rotatable bonds is 3. The van der Waals surface area contributed by atoms with E-state index < -0.39 is 0 Å². The van der Waals surface area contributed by atoms with E-state index in [1.165, 1.54) is 38.3 Å². The minimum absolute atomic E-state index is 0.821. The molecule has 2 heteroatoms. The lowest BCUT2D eigenvalue weighted by molar-refractivity contribution is 0.777. The van der Waals surface area contributed by atoms with E-state index in [9.17, 15) is 0 Å². The van der Waals surface area contributed by atoms with Crippen molar-refractivity contribution in [2.24, 2.45) is 0 Å². The summed E-state index contributed by atoms with van der Waals surface area (Å²) in [6.45, 7) is 3.14. The summed E-state index contributed by atoms with van der Waals surface area (Å²) in [7, 11) is 0. The van der Waals surface area contributed by atoms with Crippen LogP contribution in [0.15, 0.2) is 78.4 Å². The molecule has 0 saturated heterocycles. The molecule has 3 aromatic carbocycles. The lowest BCUT2D eigenvalue weighted by Gasteiger charge is -2.05. The Labute approximate surface area is 170 Å². The molecule has 1 heterocycles. The van der Waals surface area contributed by atoms with Crippen LogP contribution >= 0.6 is 11.6 Å². The SMILES string of the molecule is CCn1/c(=C/C=C2/CCC=C2c2ccccc2)c2cccc3c(Cl)ccc1c32. The summed E-state index contributed by atoms with van der Waals surface area (Å²) in [6.07, 6.45) is 9.19. The van der Waals surface area contributed by atoms with Gasteiger partial charge in [-0.05, 0) is 54.7 Å². The highest BCUT2D eigenvalue weighted by atomic mass is 35.5. The fourth-order valence-corrected chi connectivity index (χ4v) is 4.72. The van der Waals surface area contributed by atoms with Crippen LogP contribution in [-0.4, -0.2) is 4.57 Å². The molecule has 0 saturated carbocycles. The third-order valence-corrected chi connectivity index (χ3v) is 6.10. The first kappa shape index (κ1) is 17.3. The van der Waals surface area contributed by atoms with Crippen molar-refractivity contribution in [2.75, 3.05) is 0 Å². The van der Waals surface area contributed by atoms with E-state index >= 15 is 0 Å². The van der Waals surface area contributed by atoms with Crippen molar-refractivity contribution in [1.82, 2.24) is 4.57 Å². The quantitative estimate of drug-likeness (QED) is 0.368. The van der Waals surface area contributed by atoms with Crippen LogP contribution in [0.3, 0.4) is 0 Å². The first-order valence-corrected chi connectivity index (χ1v) is 10.3. The molecule has 0 spiro atoms.